The standard InChI is InChI=1S/C31H23ClF3N3O6S2/c1-43-20-11-6-15(12-21(20)44-2)23-24-25(28(41)38(27(24)40)19-5-3-4-16(13-19)31(33,34)35)45-29-26(23)46-30(42)37(29)14-22(39)36-18-9-7-17(32)8-10-18/h3-13,23-25H,14H2,1-2H3,(H,36,39). The van der Waals surface area contributed by atoms with Crippen molar-refractivity contribution in [3.05, 3.63) is 97.4 Å². The van der Waals surface area contributed by atoms with Crippen LogP contribution in [0.25, 0.3) is 0 Å². The molecule has 3 amide bonds. The number of nitrogens with zero attached hydrogens (tertiary/aromatic N) is 2. The van der Waals surface area contributed by atoms with E-state index in [0.717, 1.165) is 46.2 Å². The zero-order valence-corrected chi connectivity index (χ0v) is 26.4. The quantitative estimate of drug-likeness (QED) is 0.236. The smallest absolute Gasteiger partial charge is 0.416 e. The van der Waals surface area contributed by atoms with Crippen LogP contribution in [0.1, 0.15) is 21.9 Å². The van der Waals surface area contributed by atoms with Gasteiger partial charge in [0.2, 0.25) is 17.7 Å². The van der Waals surface area contributed by atoms with Gasteiger partial charge in [0, 0.05) is 21.5 Å². The number of imide groups is 1. The summed E-state index contributed by atoms with van der Waals surface area (Å²) in [6, 6.07) is 15.3. The van der Waals surface area contributed by atoms with Crippen LogP contribution in [0.5, 0.6) is 11.5 Å². The predicted molar refractivity (Wildman–Crippen MR) is 167 cm³/mol. The lowest BCUT2D eigenvalue weighted by Crippen LogP contribution is -2.33. The summed E-state index contributed by atoms with van der Waals surface area (Å²) in [5.74, 6) is -3.17. The monoisotopic (exact) mass is 689 g/mol. The number of thioether (sulfide) groups is 1. The number of nitrogens with one attached hydrogen (secondary N) is 1. The zero-order valence-electron chi connectivity index (χ0n) is 24.0. The van der Waals surface area contributed by atoms with Crippen molar-refractivity contribution in [2.75, 3.05) is 24.4 Å². The highest BCUT2D eigenvalue weighted by molar-refractivity contribution is 8.00. The summed E-state index contributed by atoms with van der Waals surface area (Å²) in [5, 5.41) is 2.39. The van der Waals surface area contributed by atoms with Crippen LogP contribution in [0.3, 0.4) is 0 Å². The minimum atomic E-state index is -4.70. The van der Waals surface area contributed by atoms with Gasteiger partial charge in [-0.1, -0.05) is 46.8 Å². The fourth-order valence-corrected chi connectivity index (χ4v) is 8.51. The number of thiazole rings is 1. The summed E-state index contributed by atoms with van der Waals surface area (Å²) in [7, 11) is 2.89. The number of alkyl halides is 3. The summed E-state index contributed by atoms with van der Waals surface area (Å²) in [6.45, 7) is -0.393. The maximum absolute atomic E-state index is 14.1. The van der Waals surface area contributed by atoms with Crippen molar-refractivity contribution in [1.29, 1.82) is 0 Å². The Morgan fingerprint density at radius 3 is 2.35 bits per heavy atom. The molecule has 9 nitrogen and oxygen atoms in total. The van der Waals surface area contributed by atoms with Crippen LogP contribution in [0.2, 0.25) is 5.02 Å². The van der Waals surface area contributed by atoms with Crippen LogP contribution in [0.4, 0.5) is 24.5 Å². The first kappa shape index (κ1) is 31.7. The predicted octanol–water partition coefficient (Wildman–Crippen LogP) is 6.03. The van der Waals surface area contributed by atoms with E-state index in [-0.39, 0.29) is 5.69 Å². The molecule has 3 atom stereocenters. The van der Waals surface area contributed by atoms with Gasteiger partial charge in [0.15, 0.2) is 11.5 Å². The normalized spacial score (nSPS) is 19.1. The number of amides is 3. The number of carbonyl (C=O) groups is 3. The number of halogens is 4. The molecule has 0 radical (unpaired) electrons. The van der Waals surface area contributed by atoms with Crippen molar-refractivity contribution < 1.29 is 37.0 Å². The van der Waals surface area contributed by atoms with Crippen molar-refractivity contribution >= 4 is 63.8 Å². The van der Waals surface area contributed by atoms with E-state index in [9.17, 15) is 32.3 Å². The number of methoxy groups -OCH3 is 2. The third-order valence-electron chi connectivity index (χ3n) is 7.68. The number of benzene rings is 3. The number of rotatable bonds is 7. The first-order valence-corrected chi connectivity index (χ1v) is 15.7. The molecule has 0 spiro atoms. The molecule has 238 valence electrons. The lowest BCUT2D eigenvalue weighted by atomic mass is 9.83. The average molecular weight is 690 g/mol. The zero-order chi connectivity index (χ0) is 32.9. The van der Waals surface area contributed by atoms with Gasteiger partial charge in [0.25, 0.3) is 0 Å². The van der Waals surface area contributed by atoms with Gasteiger partial charge in [-0.2, -0.15) is 13.2 Å². The average Bonchev–Trinajstić information content (AvgIpc) is 3.47. The molecular weight excluding hydrogens is 667 g/mol. The minimum absolute atomic E-state index is 0.214. The van der Waals surface area contributed by atoms with Crippen molar-refractivity contribution in [2.24, 2.45) is 5.92 Å². The van der Waals surface area contributed by atoms with E-state index in [2.05, 4.69) is 5.32 Å². The van der Waals surface area contributed by atoms with Crippen molar-refractivity contribution in [3.8, 4) is 11.5 Å². The van der Waals surface area contributed by atoms with Crippen LogP contribution in [0, 0.1) is 5.92 Å². The second kappa shape index (κ2) is 12.2. The van der Waals surface area contributed by atoms with Crippen LogP contribution < -0.4 is 24.6 Å². The van der Waals surface area contributed by atoms with Gasteiger partial charge < -0.3 is 14.8 Å². The first-order chi connectivity index (χ1) is 21.9. The third kappa shape index (κ3) is 5.65. The molecule has 3 aromatic carbocycles. The van der Waals surface area contributed by atoms with Crippen LogP contribution in [-0.4, -0.2) is 41.8 Å². The van der Waals surface area contributed by atoms with Gasteiger partial charge >= 0.3 is 11.0 Å². The van der Waals surface area contributed by atoms with E-state index >= 15 is 0 Å². The van der Waals surface area contributed by atoms with E-state index in [1.54, 1.807) is 42.5 Å². The molecule has 2 aliphatic heterocycles. The third-order valence-corrected chi connectivity index (χ3v) is 10.5. The highest BCUT2D eigenvalue weighted by atomic mass is 35.5. The molecule has 1 saturated heterocycles. The van der Waals surface area contributed by atoms with Gasteiger partial charge in [0.1, 0.15) is 11.8 Å². The Labute approximate surface area is 272 Å². The highest BCUT2D eigenvalue weighted by Gasteiger charge is 2.57. The lowest BCUT2D eigenvalue weighted by Gasteiger charge is -2.31. The maximum Gasteiger partial charge on any atom is 0.416 e. The van der Waals surface area contributed by atoms with E-state index in [4.69, 9.17) is 21.1 Å². The number of carbonyl (C=O) groups excluding carboxylic acids is 3. The molecule has 2 aliphatic rings. The minimum Gasteiger partial charge on any atom is -0.493 e. The Bertz CT molecular complexity index is 1930. The number of ether oxygens (including phenoxy) is 2. The number of hydrogen-bond donors (Lipinski definition) is 1. The molecule has 3 heterocycles. The highest BCUT2D eigenvalue weighted by Crippen LogP contribution is 2.54. The van der Waals surface area contributed by atoms with Gasteiger partial charge in [0.05, 0.1) is 36.4 Å². The largest absolute Gasteiger partial charge is 0.493 e. The topological polar surface area (TPSA) is 107 Å². The molecule has 1 fully saturated rings. The fraction of sp³-hybridized carbons (Fsp3) is 0.226. The summed E-state index contributed by atoms with van der Waals surface area (Å²) in [6.07, 6.45) is -4.70. The van der Waals surface area contributed by atoms with Crippen molar-refractivity contribution in [1.82, 2.24) is 4.57 Å². The molecule has 4 aromatic rings. The summed E-state index contributed by atoms with van der Waals surface area (Å²) in [4.78, 5) is 55.1. The number of fused-ring (bicyclic) bond motifs is 2. The van der Waals surface area contributed by atoms with Crippen molar-refractivity contribution in [2.45, 2.75) is 28.9 Å². The Kier molecular flexibility index (Phi) is 8.38. The van der Waals surface area contributed by atoms with Gasteiger partial charge in [-0.3, -0.25) is 23.7 Å². The Morgan fingerprint density at radius 1 is 0.957 bits per heavy atom. The molecule has 0 saturated carbocycles. The second-order valence-electron chi connectivity index (χ2n) is 10.4. The lowest BCUT2D eigenvalue weighted by molar-refractivity contribution is -0.137. The van der Waals surface area contributed by atoms with Crippen LogP contribution in [-0.2, 0) is 27.1 Å². The second-order valence-corrected chi connectivity index (χ2v) is 13.0. The number of hydrogen-bond acceptors (Lipinski definition) is 8. The van der Waals surface area contributed by atoms with Crippen LogP contribution >= 0.6 is 34.7 Å². The van der Waals surface area contributed by atoms with Gasteiger partial charge in [-0.15, -0.1) is 0 Å². The summed E-state index contributed by atoms with van der Waals surface area (Å²) >= 11 is 7.71. The molecule has 1 aromatic heterocycles. The molecule has 1 N–H and O–H groups in total. The molecule has 0 aliphatic carbocycles. The summed E-state index contributed by atoms with van der Waals surface area (Å²) < 4.78 is 52.7. The Morgan fingerprint density at radius 2 is 1.67 bits per heavy atom. The van der Waals surface area contributed by atoms with E-state index in [1.807, 2.05) is 0 Å². The van der Waals surface area contributed by atoms with E-state index in [1.165, 1.54) is 24.9 Å². The first-order valence-electron chi connectivity index (χ1n) is 13.6. The van der Waals surface area contributed by atoms with Crippen molar-refractivity contribution in [3.63, 3.8) is 0 Å². The Balaban J connectivity index is 1.44. The molecule has 6 rings (SSSR count). The molecule has 0 bridgehead atoms. The van der Waals surface area contributed by atoms with E-state index in [0.29, 0.717) is 37.7 Å². The molecule has 46 heavy (non-hydrogen) atoms. The van der Waals surface area contributed by atoms with Crippen LogP contribution in [0.15, 0.2) is 76.6 Å². The SMILES string of the molecule is COc1ccc(C2c3sc(=O)n(CC(=O)Nc4ccc(Cl)cc4)c3SC3C(=O)N(c4cccc(C(F)(F)F)c4)C(=O)C32)cc1OC. The number of aromatic nitrogens is 1. The van der Waals surface area contributed by atoms with E-state index < -0.39 is 58.0 Å². The van der Waals surface area contributed by atoms with Gasteiger partial charge in [-0.25, -0.2) is 4.90 Å². The summed E-state index contributed by atoms with van der Waals surface area (Å²) in [5.41, 5.74) is -0.255. The van der Waals surface area contributed by atoms with Gasteiger partial charge in [-0.05, 0) is 60.2 Å². The fourth-order valence-electron chi connectivity index (χ4n) is 5.61. The molecule has 3 unspecified atom stereocenters. The Hall–Kier alpha value is -4.27. The molecular formula is C31H23ClF3N3O6S2. The maximum atomic E-state index is 14.1. The number of anilines is 2. The molecule has 15 heteroatoms.